The lowest BCUT2D eigenvalue weighted by Crippen LogP contribution is -2.37. The molecule has 0 aliphatic heterocycles. The molecule has 0 bridgehead atoms. The van der Waals surface area contributed by atoms with Gasteiger partial charge in [-0.2, -0.15) is 0 Å². The Morgan fingerprint density at radius 3 is 3.13 bits per heavy atom. The predicted molar refractivity (Wildman–Crippen MR) is 88.8 cm³/mol. The summed E-state index contributed by atoms with van der Waals surface area (Å²) >= 11 is 1.24. The second kappa shape index (κ2) is 5.66. The molecule has 4 rings (SSSR count). The average Bonchev–Trinajstić information content (AvgIpc) is 3.27. The van der Waals surface area contributed by atoms with E-state index in [4.69, 9.17) is 0 Å². The lowest BCUT2D eigenvalue weighted by molar-refractivity contribution is 0.0933. The van der Waals surface area contributed by atoms with E-state index in [9.17, 15) is 9.59 Å². The number of thiophene rings is 1. The van der Waals surface area contributed by atoms with Gasteiger partial charge in [0.25, 0.3) is 11.5 Å². The molecule has 0 spiro atoms. The first-order valence-electron chi connectivity index (χ1n) is 7.62. The zero-order valence-electron chi connectivity index (χ0n) is 12.4. The molecular formula is C16H16N4O2S. The molecule has 0 aromatic carbocycles. The number of fused-ring (bicyclic) bond motifs is 1. The Bertz CT molecular complexity index is 896. The molecule has 2 atom stereocenters. The SMILES string of the molecule is O=C(N[C@@H]1CCC[C@@H]1n1ccnc1)c1cc2cc[nH]c(=O)c2s1. The van der Waals surface area contributed by atoms with Crippen LogP contribution in [0.4, 0.5) is 0 Å². The summed E-state index contributed by atoms with van der Waals surface area (Å²) in [5.41, 5.74) is -0.149. The Labute approximate surface area is 136 Å². The number of H-pyrrole nitrogens is 1. The van der Waals surface area contributed by atoms with Crippen molar-refractivity contribution < 1.29 is 4.79 Å². The second-order valence-corrected chi connectivity index (χ2v) is 6.84. The molecule has 1 amide bonds. The number of hydrogen-bond donors (Lipinski definition) is 2. The van der Waals surface area contributed by atoms with Crippen molar-refractivity contribution in [2.24, 2.45) is 0 Å². The summed E-state index contributed by atoms with van der Waals surface area (Å²) in [6.45, 7) is 0. The summed E-state index contributed by atoms with van der Waals surface area (Å²) in [4.78, 5) is 31.6. The zero-order valence-corrected chi connectivity index (χ0v) is 13.2. The highest BCUT2D eigenvalue weighted by atomic mass is 32.1. The number of rotatable bonds is 3. The molecule has 7 heteroatoms. The van der Waals surface area contributed by atoms with Crippen molar-refractivity contribution in [3.8, 4) is 0 Å². The molecular weight excluding hydrogens is 312 g/mol. The topological polar surface area (TPSA) is 79.8 Å². The van der Waals surface area contributed by atoms with E-state index in [2.05, 4.69) is 19.9 Å². The van der Waals surface area contributed by atoms with Gasteiger partial charge in [0.1, 0.15) is 4.70 Å². The molecule has 6 nitrogen and oxygen atoms in total. The van der Waals surface area contributed by atoms with Crippen LogP contribution in [0.1, 0.15) is 35.0 Å². The van der Waals surface area contributed by atoms with Gasteiger partial charge in [-0.3, -0.25) is 9.59 Å². The van der Waals surface area contributed by atoms with Crippen molar-refractivity contribution in [3.63, 3.8) is 0 Å². The smallest absolute Gasteiger partial charge is 0.265 e. The highest BCUT2D eigenvalue weighted by molar-refractivity contribution is 7.20. The first-order chi connectivity index (χ1) is 11.2. The lowest BCUT2D eigenvalue weighted by Gasteiger charge is -2.21. The lowest BCUT2D eigenvalue weighted by atomic mass is 10.1. The molecule has 23 heavy (non-hydrogen) atoms. The van der Waals surface area contributed by atoms with Crippen LogP contribution in [0.3, 0.4) is 0 Å². The van der Waals surface area contributed by atoms with Gasteiger partial charge in [0.05, 0.1) is 17.2 Å². The minimum absolute atomic E-state index is 0.0974. The van der Waals surface area contributed by atoms with Crippen LogP contribution in [-0.4, -0.2) is 26.5 Å². The molecule has 1 saturated carbocycles. The van der Waals surface area contributed by atoms with Gasteiger partial charge in [-0.25, -0.2) is 4.98 Å². The fourth-order valence-electron chi connectivity index (χ4n) is 3.26. The average molecular weight is 328 g/mol. The molecule has 0 radical (unpaired) electrons. The van der Waals surface area contributed by atoms with Crippen LogP contribution in [0, 0.1) is 0 Å². The largest absolute Gasteiger partial charge is 0.347 e. The van der Waals surface area contributed by atoms with Crippen LogP contribution in [-0.2, 0) is 0 Å². The van der Waals surface area contributed by atoms with E-state index in [0.717, 1.165) is 24.6 Å². The number of pyridine rings is 1. The molecule has 3 aromatic heterocycles. The van der Waals surface area contributed by atoms with Crippen molar-refractivity contribution in [2.45, 2.75) is 31.3 Å². The Morgan fingerprint density at radius 1 is 1.43 bits per heavy atom. The van der Waals surface area contributed by atoms with Gasteiger partial charge in [0.15, 0.2) is 0 Å². The molecule has 0 saturated heterocycles. The number of hydrogen-bond acceptors (Lipinski definition) is 4. The normalized spacial score (nSPS) is 20.9. The second-order valence-electron chi connectivity index (χ2n) is 5.79. The maximum absolute atomic E-state index is 12.6. The number of carbonyl (C=O) groups is 1. The van der Waals surface area contributed by atoms with Crippen LogP contribution in [0.25, 0.3) is 10.1 Å². The third kappa shape index (κ3) is 2.57. The summed E-state index contributed by atoms with van der Waals surface area (Å²) in [7, 11) is 0. The fraction of sp³-hybridized carbons (Fsp3) is 0.312. The van der Waals surface area contributed by atoms with Gasteiger partial charge < -0.3 is 14.9 Å². The molecule has 1 fully saturated rings. The highest BCUT2D eigenvalue weighted by Crippen LogP contribution is 2.30. The van der Waals surface area contributed by atoms with E-state index in [-0.39, 0.29) is 23.6 Å². The van der Waals surface area contributed by atoms with Gasteiger partial charge in [-0.15, -0.1) is 11.3 Å². The van der Waals surface area contributed by atoms with E-state index in [1.165, 1.54) is 11.3 Å². The molecule has 3 aromatic rings. The number of amides is 1. The van der Waals surface area contributed by atoms with E-state index in [0.29, 0.717) is 9.58 Å². The van der Waals surface area contributed by atoms with Gasteiger partial charge >= 0.3 is 0 Å². The summed E-state index contributed by atoms with van der Waals surface area (Å²) in [5, 5.41) is 3.93. The van der Waals surface area contributed by atoms with E-state index in [1.54, 1.807) is 24.8 Å². The first kappa shape index (κ1) is 14.2. The molecule has 118 valence electrons. The Morgan fingerprint density at radius 2 is 2.35 bits per heavy atom. The minimum Gasteiger partial charge on any atom is -0.347 e. The van der Waals surface area contributed by atoms with Crippen molar-refractivity contribution in [2.75, 3.05) is 0 Å². The van der Waals surface area contributed by atoms with Crippen molar-refractivity contribution in [1.29, 1.82) is 0 Å². The van der Waals surface area contributed by atoms with Crippen LogP contribution in [0.2, 0.25) is 0 Å². The summed E-state index contributed by atoms with van der Waals surface area (Å²) in [6, 6.07) is 3.94. The predicted octanol–water partition coefficient (Wildman–Crippen LogP) is 2.31. The van der Waals surface area contributed by atoms with Crippen molar-refractivity contribution in [1.82, 2.24) is 19.9 Å². The van der Waals surface area contributed by atoms with Gasteiger partial charge in [0.2, 0.25) is 0 Å². The molecule has 0 unspecified atom stereocenters. The number of imidazole rings is 1. The van der Waals surface area contributed by atoms with Crippen molar-refractivity contribution >= 4 is 27.3 Å². The van der Waals surface area contributed by atoms with Gasteiger partial charge in [-0.05, 0) is 31.4 Å². The van der Waals surface area contributed by atoms with Crippen LogP contribution < -0.4 is 10.9 Å². The summed E-state index contributed by atoms with van der Waals surface area (Å²) < 4.78 is 2.66. The highest BCUT2D eigenvalue weighted by Gasteiger charge is 2.30. The van der Waals surface area contributed by atoms with Crippen LogP contribution in [0.15, 0.2) is 41.8 Å². The monoisotopic (exact) mass is 328 g/mol. The molecule has 1 aliphatic carbocycles. The molecule has 3 heterocycles. The van der Waals surface area contributed by atoms with Crippen molar-refractivity contribution in [3.05, 3.63) is 52.3 Å². The fourth-order valence-corrected chi connectivity index (χ4v) is 4.22. The van der Waals surface area contributed by atoms with Crippen LogP contribution in [0.5, 0.6) is 0 Å². The minimum atomic E-state index is -0.149. The first-order valence-corrected chi connectivity index (χ1v) is 8.43. The van der Waals surface area contributed by atoms with Gasteiger partial charge in [-0.1, -0.05) is 0 Å². The zero-order chi connectivity index (χ0) is 15.8. The number of nitrogens with one attached hydrogen (secondary N) is 2. The summed E-state index contributed by atoms with van der Waals surface area (Å²) in [6.07, 6.45) is 10.2. The molecule has 2 N–H and O–H groups in total. The standard InChI is InChI=1S/C16H16N4O2S/c21-15(13-8-10-4-5-18-16(22)14(10)23-13)19-11-2-1-3-12(11)20-7-6-17-9-20/h4-9,11-12H,1-3H2,(H,18,22)(H,19,21)/t11-,12+/m1/s1. The third-order valence-corrected chi connectivity index (χ3v) is 5.52. The van der Waals surface area contributed by atoms with E-state index < -0.39 is 0 Å². The molecule has 1 aliphatic rings. The number of carbonyl (C=O) groups excluding carboxylic acids is 1. The summed E-state index contributed by atoms with van der Waals surface area (Å²) in [5.74, 6) is -0.109. The maximum Gasteiger partial charge on any atom is 0.265 e. The Balaban J connectivity index is 1.57. The maximum atomic E-state index is 12.6. The Kier molecular flexibility index (Phi) is 3.49. The third-order valence-electron chi connectivity index (χ3n) is 4.37. The number of aromatic amines is 1. The quantitative estimate of drug-likeness (QED) is 0.774. The number of nitrogens with zero attached hydrogens (tertiary/aromatic N) is 2. The van der Waals surface area contributed by atoms with Gasteiger partial charge in [0, 0.05) is 30.0 Å². The van der Waals surface area contributed by atoms with E-state index >= 15 is 0 Å². The van der Waals surface area contributed by atoms with E-state index in [1.807, 2.05) is 12.3 Å². The number of aromatic nitrogens is 3. The Hall–Kier alpha value is -2.41. The van der Waals surface area contributed by atoms with Crippen LogP contribution >= 0.6 is 11.3 Å².